The molecule has 0 aliphatic rings. The van der Waals surface area contributed by atoms with Crippen LogP contribution in [-0.2, 0) is 4.74 Å². The molecule has 9 aromatic rings. The summed E-state index contributed by atoms with van der Waals surface area (Å²) in [5.41, 5.74) is 33.5. The van der Waals surface area contributed by atoms with Crippen LogP contribution in [0, 0.1) is 143 Å². The summed E-state index contributed by atoms with van der Waals surface area (Å²) in [4.78, 5) is 0. The molecule has 97 heavy (non-hydrogen) atoms. The van der Waals surface area contributed by atoms with Crippen LogP contribution < -0.4 is 35.0 Å². The predicted octanol–water partition coefficient (Wildman–Crippen LogP) is 19.9. The van der Waals surface area contributed by atoms with E-state index in [2.05, 4.69) is 268 Å². The Kier molecular flexibility index (Phi) is 51.9. The van der Waals surface area contributed by atoms with Gasteiger partial charge in [-0.2, -0.15) is 10.2 Å². The second kappa shape index (κ2) is 51.8. The molecule has 0 unspecified atom stereocenters. The minimum Gasteiger partial charge on any atom is -0.512 e. The summed E-state index contributed by atoms with van der Waals surface area (Å²) in [6.45, 7) is 50.9. The van der Waals surface area contributed by atoms with Crippen LogP contribution in [0.5, 0.6) is 5.75 Å². The van der Waals surface area contributed by atoms with E-state index < -0.39 is 14.7 Å². The van der Waals surface area contributed by atoms with E-state index in [4.69, 9.17) is 31.7 Å². The molecule has 0 heterocycles. The number of halogens is 5. The molecule has 0 atom stereocenters. The van der Waals surface area contributed by atoms with Gasteiger partial charge in [0.25, 0.3) is 0 Å². The Balaban J connectivity index is -0.000000517. The zero-order valence-corrected chi connectivity index (χ0v) is 66.7. The number of benzene rings is 9. The number of phenolic OH excluding ortho intramolecular Hbond substituents is 1. The summed E-state index contributed by atoms with van der Waals surface area (Å²) in [7, 11) is -1.74. The molecule has 16 heteroatoms. The quantitative estimate of drug-likeness (QED) is 0.0871. The Hall–Kier alpha value is -6.31. The van der Waals surface area contributed by atoms with Crippen molar-refractivity contribution in [1.29, 1.82) is 5.26 Å². The number of hydrogen-bond acceptors (Lipinski definition) is 7. The maximum Gasteiger partial charge on any atom is 1.00 e. The van der Waals surface area contributed by atoms with Crippen LogP contribution in [0.2, 0.25) is 0 Å². The molecule has 3 N–H and O–H groups in total. The molecule has 0 aliphatic heterocycles. The van der Waals surface area contributed by atoms with E-state index in [0.29, 0.717) is 11.2 Å². The molecule has 9 rings (SSSR count). The monoisotopic (exact) mass is 1450 g/mol. The van der Waals surface area contributed by atoms with Gasteiger partial charge in [0.05, 0.1) is 0 Å². The van der Waals surface area contributed by atoms with Gasteiger partial charge in [0.2, 0.25) is 0 Å². The van der Waals surface area contributed by atoms with Crippen LogP contribution in [0.4, 0.5) is 12.9 Å². The fourth-order valence-electron chi connectivity index (χ4n) is 8.91. The second-order valence-electron chi connectivity index (χ2n) is 22.8. The van der Waals surface area contributed by atoms with E-state index in [1.165, 1.54) is 122 Å². The minimum atomic E-state index is -3.67. The van der Waals surface area contributed by atoms with Crippen LogP contribution >= 0.6 is 31.9 Å². The van der Waals surface area contributed by atoms with E-state index in [0.717, 1.165) is 38.8 Å². The third-order valence-electron chi connectivity index (χ3n) is 16.3. The molecule has 0 saturated heterocycles. The Bertz CT molecular complexity index is 3670. The third-order valence-corrected chi connectivity index (χ3v) is 17.3. The Labute approximate surface area is 625 Å². The first-order chi connectivity index (χ1) is 44.2. The number of rotatable bonds is 6. The number of ether oxygens (including phenoxy) is 1. The molecule has 9 aromatic carbocycles. The van der Waals surface area contributed by atoms with Gasteiger partial charge in [-0.3, -0.25) is 12.9 Å². The zero-order valence-electron chi connectivity index (χ0n) is 61.6. The normalized spacial score (nSPS) is 9.48. The number of azo groups is 1. The van der Waals surface area contributed by atoms with Crippen molar-refractivity contribution < 1.29 is 62.4 Å². The zero-order chi connectivity index (χ0) is 72.1. The maximum atomic E-state index is 9.67. The van der Waals surface area contributed by atoms with Crippen LogP contribution in [0.1, 0.15) is 127 Å². The van der Waals surface area contributed by atoms with Crippen molar-refractivity contribution in [1.82, 2.24) is 0 Å². The van der Waals surface area contributed by atoms with Crippen molar-refractivity contribution in [3.05, 3.63) is 273 Å². The first-order valence-corrected chi connectivity index (χ1v) is 32.7. The Morgan fingerprint density at radius 3 is 0.959 bits per heavy atom. The van der Waals surface area contributed by atoms with E-state index in [9.17, 15) is 12.9 Å². The van der Waals surface area contributed by atoms with Crippen molar-refractivity contribution in [3.63, 3.8) is 0 Å². The van der Waals surface area contributed by atoms with Gasteiger partial charge in [-0.15, -0.1) is 0 Å². The maximum absolute atomic E-state index is 9.67. The summed E-state index contributed by atoms with van der Waals surface area (Å²) >= 11 is 6.68. The number of aromatic hydroxyl groups is 1. The van der Waals surface area contributed by atoms with Crippen molar-refractivity contribution in [2.75, 3.05) is 27.3 Å². The Morgan fingerprint density at radius 1 is 0.392 bits per heavy atom. The molecule has 0 aliphatic carbocycles. The molecule has 0 fully saturated rings. The number of phenols is 1. The molecule has 0 bridgehead atoms. The van der Waals surface area contributed by atoms with Crippen molar-refractivity contribution in [2.45, 2.75) is 153 Å². The van der Waals surface area contributed by atoms with Gasteiger partial charge in [0.1, 0.15) is 5.75 Å². The molecular weight excluding hydrogens is 1350 g/mol. The molecule has 513 valence electrons. The predicted molar refractivity (Wildman–Crippen MR) is 417 cm³/mol. The molecule has 3 radical (unpaired) electrons. The number of nitrogens with zero attached hydrogens (tertiary/aromatic N) is 3. The molecule has 7 nitrogen and oxygen atoms in total. The summed E-state index contributed by atoms with van der Waals surface area (Å²) < 4.78 is 36.0. The van der Waals surface area contributed by atoms with Crippen molar-refractivity contribution >= 4 is 60.4 Å². The average Bonchev–Trinajstić information content (AvgIpc) is 0.831. The second-order valence-corrected chi connectivity index (χ2v) is 24.6. The van der Waals surface area contributed by atoms with Crippen LogP contribution in [0.15, 0.2) is 171 Å². The van der Waals surface area contributed by atoms with Gasteiger partial charge < -0.3 is 31.7 Å². The molecule has 0 aromatic heterocycles. The SMILES string of the molecule is C.CCOCC.CN=NC.Cc1cc(Br)ccc1O.Cc1ccc(-c2ccc(C)c(C)c2C)cc1C.Cc1ccc(-c2ccc(C)c(C)c2C)cc1C.Cc1ccc(-c2cccc(C)c2C)cc1C.Cc1ccc(Br)cc1C.Cc1cccc(B(O)O)c1C.FB(F)F.[B].[C-]#N.[Na+]. The van der Waals surface area contributed by atoms with Gasteiger partial charge in [-0.1, -0.05) is 161 Å². The third kappa shape index (κ3) is 35.3. The topological polar surface area (TPSA) is 118 Å². The first-order valence-electron chi connectivity index (χ1n) is 31.1. The summed E-state index contributed by atoms with van der Waals surface area (Å²) in [5.74, 6) is 0.346. The minimum absolute atomic E-state index is 0. The van der Waals surface area contributed by atoms with Gasteiger partial charge >= 0.3 is 44.2 Å². The van der Waals surface area contributed by atoms with E-state index in [-0.39, 0.29) is 45.4 Å². The van der Waals surface area contributed by atoms with Crippen LogP contribution in [-0.4, -0.2) is 65.5 Å². The van der Waals surface area contributed by atoms with E-state index >= 15 is 0 Å². The van der Waals surface area contributed by atoms with Crippen LogP contribution in [0.25, 0.3) is 33.4 Å². The first kappa shape index (κ1) is 97.1. The van der Waals surface area contributed by atoms with Crippen LogP contribution in [0.3, 0.4) is 0 Å². The summed E-state index contributed by atoms with van der Waals surface area (Å²) in [5, 5.41) is 39.8. The fourth-order valence-corrected chi connectivity index (χ4v) is 9.86. The standard InChI is InChI=1S/2C17H20.C16H18.C8H11BO2.C8H9Br.C7H7BrO.C4H10O.C2H6N2.CN.CH4.BF3.B.Na/c2*1-11-6-8-16(10-13(11)3)17-9-7-12(2)14(4)15(17)5;1-11-8-9-15(10-13(11)3)16-7-5-6-12(2)14(16)4;1-6-4-3-5-8(7(6)2)9(10)11;1-6-3-4-8(9)5-7(6)2;1-5-4-6(8)2-3-7(5)9;1-3-5-4-2;1-3-4-2;1-2;;2-1(3)4;;/h2*6-10H,1-5H3;5-10H,1-4H3;3-5,10-11H,1-2H3;3-5H,1-2H3;2-4,9H,1H3;3-4H2,1-2H3;1-2H3;;1H4;;;/q;;;;;;;;-1;;;;+1. The fraction of sp³-hybridized carbons (Fsp3) is 0.321. The summed E-state index contributed by atoms with van der Waals surface area (Å²) in [6.07, 6.45) is 0. The summed E-state index contributed by atoms with van der Waals surface area (Å²) in [6, 6.07) is 52.6. The number of aryl methyl sites for hydroxylation is 13. The smallest absolute Gasteiger partial charge is 0.512 e. The largest absolute Gasteiger partial charge is 1.00 e. The van der Waals surface area contributed by atoms with E-state index in [1.54, 1.807) is 26.2 Å². The van der Waals surface area contributed by atoms with Gasteiger partial charge in [-0.25, -0.2) is 0 Å². The van der Waals surface area contributed by atoms with Gasteiger partial charge in [0, 0.05) is 44.7 Å². The number of hydrogen-bond donors (Lipinski definition) is 3. The Morgan fingerprint density at radius 2 is 0.680 bits per heavy atom. The molecular formula is C81H105B3Br2F3N3NaO4. The molecule has 0 saturated carbocycles. The van der Waals surface area contributed by atoms with Crippen molar-refractivity contribution in [2.24, 2.45) is 10.2 Å². The van der Waals surface area contributed by atoms with E-state index in [1.807, 2.05) is 58.9 Å². The molecule has 0 amide bonds. The average molecular weight is 1460 g/mol. The molecule has 0 spiro atoms. The van der Waals surface area contributed by atoms with Gasteiger partial charge in [-0.05, 0) is 320 Å². The van der Waals surface area contributed by atoms with Gasteiger partial charge in [0.15, 0.2) is 0 Å². The van der Waals surface area contributed by atoms with Crippen molar-refractivity contribution in [3.8, 4) is 39.1 Å².